The van der Waals surface area contributed by atoms with Gasteiger partial charge in [-0.15, -0.1) is 0 Å². The van der Waals surface area contributed by atoms with Crippen LogP contribution in [0.3, 0.4) is 0 Å². The lowest BCUT2D eigenvalue weighted by Crippen LogP contribution is -2.40. The van der Waals surface area contributed by atoms with Gasteiger partial charge in [0.1, 0.15) is 5.82 Å². The summed E-state index contributed by atoms with van der Waals surface area (Å²) < 4.78 is 29.4. The SMILES string of the molecule is N=C(C=C(N)c1c(F)cccc1C(=O)N(Cc1ccccn1)C(F)CO)c1ccc(Cl)cc1. The molecule has 0 spiro atoms. The largest absolute Gasteiger partial charge is 0.398 e. The van der Waals surface area contributed by atoms with Gasteiger partial charge in [0.15, 0.2) is 6.30 Å². The lowest BCUT2D eigenvalue weighted by Gasteiger charge is -2.26. The van der Waals surface area contributed by atoms with Gasteiger partial charge in [0, 0.05) is 22.5 Å². The molecule has 0 saturated heterocycles. The van der Waals surface area contributed by atoms with E-state index in [9.17, 15) is 18.7 Å². The molecule has 3 rings (SSSR count). The molecule has 0 aliphatic carbocycles. The molecular formula is C24H21ClF2N4O2. The van der Waals surface area contributed by atoms with E-state index in [1.165, 1.54) is 24.4 Å². The predicted octanol–water partition coefficient (Wildman–Crippen LogP) is 4.17. The van der Waals surface area contributed by atoms with Crippen molar-refractivity contribution in [2.24, 2.45) is 5.73 Å². The zero-order valence-corrected chi connectivity index (χ0v) is 18.1. The van der Waals surface area contributed by atoms with Crippen LogP contribution < -0.4 is 5.73 Å². The monoisotopic (exact) mass is 470 g/mol. The van der Waals surface area contributed by atoms with Crippen molar-refractivity contribution in [1.29, 1.82) is 5.41 Å². The van der Waals surface area contributed by atoms with E-state index in [1.807, 2.05) is 0 Å². The van der Waals surface area contributed by atoms with Crippen LogP contribution in [0.15, 0.2) is 72.9 Å². The zero-order valence-electron chi connectivity index (χ0n) is 17.4. The summed E-state index contributed by atoms with van der Waals surface area (Å²) in [6, 6.07) is 15.1. The molecule has 2 aromatic carbocycles. The van der Waals surface area contributed by atoms with Crippen LogP contribution in [-0.2, 0) is 6.54 Å². The quantitative estimate of drug-likeness (QED) is 0.339. The lowest BCUT2D eigenvalue weighted by atomic mass is 10.00. The third-order valence-corrected chi connectivity index (χ3v) is 5.05. The molecule has 1 atom stereocenters. The number of aromatic nitrogens is 1. The van der Waals surface area contributed by atoms with E-state index >= 15 is 0 Å². The molecule has 4 N–H and O–H groups in total. The minimum absolute atomic E-state index is 0.0325. The number of hydrogen-bond acceptors (Lipinski definition) is 5. The number of pyridine rings is 1. The van der Waals surface area contributed by atoms with Crippen molar-refractivity contribution >= 4 is 28.9 Å². The number of nitrogens with two attached hydrogens (primary N) is 1. The van der Waals surface area contributed by atoms with Gasteiger partial charge < -0.3 is 21.1 Å². The van der Waals surface area contributed by atoms with Gasteiger partial charge in [0.05, 0.1) is 30.1 Å². The Labute approximate surface area is 194 Å². The van der Waals surface area contributed by atoms with Gasteiger partial charge in [-0.1, -0.05) is 35.9 Å². The number of rotatable bonds is 8. The molecular weight excluding hydrogens is 450 g/mol. The Morgan fingerprint density at radius 1 is 1.18 bits per heavy atom. The molecule has 1 heterocycles. The number of aliphatic hydroxyl groups excluding tert-OH is 1. The fourth-order valence-electron chi connectivity index (χ4n) is 3.15. The molecule has 0 saturated carbocycles. The molecule has 0 fully saturated rings. The molecule has 0 bridgehead atoms. The molecule has 0 aliphatic rings. The van der Waals surface area contributed by atoms with Gasteiger partial charge in [0.25, 0.3) is 5.91 Å². The number of aliphatic hydroxyl groups is 1. The molecule has 0 radical (unpaired) electrons. The van der Waals surface area contributed by atoms with Crippen molar-refractivity contribution in [3.63, 3.8) is 0 Å². The summed E-state index contributed by atoms with van der Waals surface area (Å²) in [6.45, 7) is -1.20. The van der Waals surface area contributed by atoms with E-state index < -0.39 is 24.6 Å². The Kier molecular flexibility index (Phi) is 7.87. The molecule has 9 heteroatoms. The first-order chi connectivity index (χ1) is 15.8. The lowest BCUT2D eigenvalue weighted by molar-refractivity contribution is 0.0203. The molecule has 3 aromatic rings. The molecule has 1 aromatic heterocycles. The van der Waals surface area contributed by atoms with E-state index in [2.05, 4.69) is 4.98 Å². The van der Waals surface area contributed by atoms with Crippen molar-refractivity contribution < 1.29 is 18.7 Å². The third kappa shape index (κ3) is 5.79. The van der Waals surface area contributed by atoms with Gasteiger partial charge in [-0.3, -0.25) is 9.78 Å². The van der Waals surface area contributed by atoms with E-state index in [1.54, 1.807) is 42.5 Å². The summed E-state index contributed by atoms with van der Waals surface area (Å²) in [5.74, 6) is -1.69. The number of alkyl halides is 1. The number of hydrogen-bond donors (Lipinski definition) is 3. The van der Waals surface area contributed by atoms with Crippen LogP contribution in [0.5, 0.6) is 0 Å². The normalized spacial score (nSPS) is 12.3. The van der Waals surface area contributed by atoms with Crippen molar-refractivity contribution in [3.05, 3.63) is 106 Å². The second kappa shape index (κ2) is 10.8. The van der Waals surface area contributed by atoms with Crippen LogP contribution in [-0.4, -0.2) is 39.5 Å². The molecule has 1 unspecified atom stereocenters. The van der Waals surface area contributed by atoms with Crippen LogP contribution in [0.1, 0.15) is 27.2 Å². The minimum Gasteiger partial charge on any atom is -0.398 e. The summed E-state index contributed by atoms with van der Waals surface area (Å²) in [5, 5.41) is 18.1. The fourth-order valence-corrected chi connectivity index (χ4v) is 3.28. The maximum absolute atomic E-state index is 14.8. The number of halogens is 3. The Balaban J connectivity index is 1.99. The molecule has 1 amide bonds. The molecule has 170 valence electrons. The van der Waals surface area contributed by atoms with Gasteiger partial charge in [-0.05, 0) is 48.0 Å². The number of nitrogens with zero attached hydrogens (tertiary/aromatic N) is 2. The predicted molar refractivity (Wildman–Crippen MR) is 123 cm³/mol. The number of carbonyl (C=O) groups excluding carboxylic acids is 1. The number of allylic oxidation sites excluding steroid dienone is 1. The van der Waals surface area contributed by atoms with Crippen LogP contribution in [0.4, 0.5) is 8.78 Å². The average Bonchev–Trinajstić information content (AvgIpc) is 2.82. The van der Waals surface area contributed by atoms with Crippen molar-refractivity contribution in [2.45, 2.75) is 12.8 Å². The standard InChI is InChI=1S/C24H21ClF2N4O2/c25-16-9-7-15(8-10-16)20(28)12-21(29)23-18(5-3-6-19(23)26)24(33)31(22(27)14-32)13-17-4-1-2-11-30-17/h1-12,22,28,32H,13-14,29H2. The Morgan fingerprint density at radius 2 is 1.91 bits per heavy atom. The van der Waals surface area contributed by atoms with Gasteiger partial charge in [0.2, 0.25) is 0 Å². The van der Waals surface area contributed by atoms with Gasteiger partial charge in [-0.2, -0.15) is 0 Å². The van der Waals surface area contributed by atoms with Crippen molar-refractivity contribution in [3.8, 4) is 0 Å². The van der Waals surface area contributed by atoms with E-state index in [-0.39, 0.29) is 29.1 Å². The van der Waals surface area contributed by atoms with E-state index in [0.29, 0.717) is 16.3 Å². The smallest absolute Gasteiger partial charge is 0.257 e. The first kappa shape index (κ1) is 24.0. The maximum Gasteiger partial charge on any atom is 0.257 e. The van der Waals surface area contributed by atoms with E-state index in [4.69, 9.17) is 22.7 Å². The highest BCUT2D eigenvalue weighted by Gasteiger charge is 2.28. The number of amides is 1. The highest BCUT2D eigenvalue weighted by Crippen LogP contribution is 2.24. The number of carbonyl (C=O) groups is 1. The maximum atomic E-state index is 14.8. The van der Waals surface area contributed by atoms with E-state index in [0.717, 1.165) is 11.0 Å². The first-order valence-corrected chi connectivity index (χ1v) is 10.3. The van der Waals surface area contributed by atoms with Crippen LogP contribution in [0.2, 0.25) is 5.02 Å². The van der Waals surface area contributed by atoms with Crippen molar-refractivity contribution in [2.75, 3.05) is 6.61 Å². The Bertz CT molecular complexity index is 1170. The summed E-state index contributed by atoms with van der Waals surface area (Å²) in [4.78, 5) is 18.1. The fraction of sp³-hybridized carbons (Fsp3) is 0.125. The summed E-state index contributed by atoms with van der Waals surface area (Å²) >= 11 is 5.86. The summed E-state index contributed by atoms with van der Waals surface area (Å²) in [5.41, 5.74) is 6.26. The Hall–Kier alpha value is -3.62. The third-order valence-electron chi connectivity index (χ3n) is 4.80. The van der Waals surface area contributed by atoms with Crippen molar-refractivity contribution in [1.82, 2.24) is 9.88 Å². The number of nitrogens with one attached hydrogen (secondary N) is 1. The highest BCUT2D eigenvalue weighted by molar-refractivity contribution is 6.30. The van der Waals surface area contributed by atoms with Crippen LogP contribution in [0.25, 0.3) is 5.70 Å². The van der Waals surface area contributed by atoms with Gasteiger partial charge in [-0.25, -0.2) is 8.78 Å². The number of benzene rings is 2. The second-order valence-electron chi connectivity index (χ2n) is 7.05. The zero-order chi connectivity index (χ0) is 24.0. The second-order valence-corrected chi connectivity index (χ2v) is 7.49. The average molecular weight is 471 g/mol. The first-order valence-electron chi connectivity index (χ1n) is 9.88. The molecule has 0 aliphatic heterocycles. The van der Waals surface area contributed by atoms with Crippen LogP contribution in [0, 0.1) is 11.2 Å². The molecule has 33 heavy (non-hydrogen) atoms. The van der Waals surface area contributed by atoms with Gasteiger partial charge >= 0.3 is 0 Å². The highest BCUT2D eigenvalue weighted by atomic mass is 35.5. The minimum atomic E-state index is -2.05. The molecule has 6 nitrogen and oxygen atoms in total. The topological polar surface area (TPSA) is 103 Å². The summed E-state index contributed by atoms with van der Waals surface area (Å²) in [7, 11) is 0. The van der Waals surface area contributed by atoms with Crippen LogP contribution >= 0.6 is 11.6 Å². The summed E-state index contributed by atoms with van der Waals surface area (Å²) in [6.07, 6.45) is 0.648. The Morgan fingerprint density at radius 3 is 2.55 bits per heavy atom.